The van der Waals surface area contributed by atoms with Gasteiger partial charge >= 0.3 is 0 Å². The molecule has 1 heteroatoms. The minimum absolute atomic E-state index is 0.193. The van der Waals surface area contributed by atoms with Gasteiger partial charge in [0.2, 0.25) is 0 Å². The van der Waals surface area contributed by atoms with Gasteiger partial charge in [0.1, 0.15) is 0 Å². The Morgan fingerprint density at radius 2 is 0.934 bits per heavy atom. The van der Waals surface area contributed by atoms with Gasteiger partial charge in [0.05, 0.1) is 16.7 Å². The summed E-state index contributed by atoms with van der Waals surface area (Å²) in [6.07, 6.45) is 0.962. The first-order chi connectivity index (χ1) is 30.3. The van der Waals surface area contributed by atoms with Crippen LogP contribution in [0.15, 0.2) is 218 Å². The van der Waals surface area contributed by atoms with Crippen molar-refractivity contribution in [2.24, 2.45) is 0 Å². The third-order valence-corrected chi connectivity index (χ3v) is 13.6. The van der Waals surface area contributed by atoms with Gasteiger partial charge in [-0.3, -0.25) is 0 Å². The van der Waals surface area contributed by atoms with Crippen LogP contribution >= 0.6 is 0 Å². The van der Waals surface area contributed by atoms with Gasteiger partial charge < -0.3 is 4.57 Å². The van der Waals surface area contributed by atoms with Crippen LogP contribution in [0.1, 0.15) is 33.7 Å². The largest absolute Gasteiger partial charge is 0.309 e. The second-order valence-corrected chi connectivity index (χ2v) is 16.7. The van der Waals surface area contributed by atoms with E-state index in [1.54, 1.807) is 0 Å². The number of hydrogen-bond donors (Lipinski definition) is 0. The first-order valence-corrected chi connectivity index (χ1v) is 21.4. The molecular formula is C60H39N. The van der Waals surface area contributed by atoms with Crippen LogP contribution in [0.5, 0.6) is 0 Å². The molecule has 1 heterocycles. The molecule has 0 bridgehead atoms. The number of nitrogens with zero attached hydrogens (tertiary/aromatic N) is 1. The lowest BCUT2D eigenvalue weighted by Crippen LogP contribution is -1.99. The van der Waals surface area contributed by atoms with E-state index < -0.39 is 0 Å². The Morgan fingerprint density at radius 3 is 1.80 bits per heavy atom. The number of benzene rings is 10. The molecule has 0 spiro atoms. The van der Waals surface area contributed by atoms with Crippen LogP contribution in [-0.4, -0.2) is 4.57 Å². The zero-order chi connectivity index (χ0) is 40.0. The molecule has 0 fully saturated rings. The number of fused-ring (bicyclic) bond motifs is 10. The zero-order valence-corrected chi connectivity index (χ0v) is 33.5. The summed E-state index contributed by atoms with van der Waals surface area (Å²) >= 11 is 0. The fraction of sp³-hybridized carbons (Fsp3) is 0.0333. The SMILES string of the molecule is c1ccc(-c2ccc(C3c4ccccc4-c4cc(-c5ccc6c7ccccc7n(-c7ccc(-c8cccc9c8Cc8ccccc8-9)c8ccccc78)c6c5)ccc43)cc2)cc1. The molecule has 0 N–H and O–H groups in total. The van der Waals surface area contributed by atoms with E-state index in [1.165, 1.54) is 122 Å². The number of aromatic nitrogens is 1. The van der Waals surface area contributed by atoms with Crippen LogP contribution in [0.2, 0.25) is 0 Å². The molecule has 284 valence electrons. The second kappa shape index (κ2) is 13.4. The average Bonchev–Trinajstić information content (AvgIpc) is 3.99. The molecule has 2 aliphatic carbocycles. The normalized spacial score (nSPS) is 13.7. The smallest absolute Gasteiger partial charge is 0.0547 e. The summed E-state index contributed by atoms with van der Waals surface area (Å²) in [5.41, 5.74) is 23.4. The van der Waals surface area contributed by atoms with Crippen LogP contribution in [0, 0.1) is 0 Å². The fourth-order valence-corrected chi connectivity index (χ4v) is 10.8. The minimum atomic E-state index is 0.193. The summed E-state index contributed by atoms with van der Waals surface area (Å²) in [4.78, 5) is 0. The van der Waals surface area contributed by atoms with Gasteiger partial charge in [0.15, 0.2) is 0 Å². The van der Waals surface area contributed by atoms with Crippen molar-refractivity contribution in [2.45, 2.75) is 12.3 Å². The highest BCUT2D eigenvalue weighted by Crippen LogP contribution is 2.50. The Bertz CT molecular complexity index is 3550. The van der Waals surface area contributed by atoms with Crippen molar-refractivity contribution < 1.29 is 0 Å². The van der Waals surface area contributed by atoms with Gasteiger partial charge in [0, 0.05) is 22.1 Å². The third kappa shape index (κ3) is 5.20. The Labute approximate surface area is 355 Å². The molecule has 1 unspecified atom stereocenters. The molecule has 0 saturated carbocycles. The van der Waals surface area contributed by atoms with E-state index in [-0.39, 0.29) is 5.92 Å². The van der Waals surface area contributed by atoms with Crippen LogP contribution in [0.4, 0.5) is 0 Å². The molecular weight excluding hydrogens is 735 g/mol. The molecule has 10 aromatic carbocycles. The number of para-hydroxylation sites is 1. The van der Waals surface area contributed by atoms with Gasteiger partial charge in [-0.1, -0.05) is 194 Å². The summed E-state index contributed by atoms with van der Waals surface area (Å²) in [6, 6.07) is 81.4. The highest BCUT2D eigenvalue weighted by Gasteiger charge is 2.30. The predicted octanol–water partition coefficient (Wildman–Crippen LogP) is 15.7. The number of rotatable bonds is 5. The van der Waals surface area contributed by atoms with E-state index in [0.717, 1.165) is 6.42 Å². The van der Waals surface area contributed by atoms with E-state index in [4.69, 9.17) is 0 Å². The lowest BCUT2D eigenvalue weighted by atomic mass is 9.88. The summed E-state index contributed by atoms with van der Waals surface area (Å²) in [5.74, 6) is 0.193. The monoisotopic (exact) mass is 773 g/mol. The first-order valence-electron chi connectivity index (χ1n) is 21.4. The van der Waals surface area contributed by atoms with Crippen molar-refractivity contribution in [2.75, 3.05) is 0 Å². The summed E-state index contributed by atoms with van der Waals surface area (Å²) < 4.78 is 2.50. The van der Waals surface area contributed by atoms with E-state index in [0.29, 0.717) is 0 Å². The van der Waals surface area contributed by atoms with Gasteiger partial charge in [0.25, 0.3) is 0 Å². The standard InChI is InChI=1S/C60H39N/c1-2-13-38(14-3-1)39-25-27-40(28-26-39)60-53-21-9-7-18-48(53)56-35-41(30-32-54(56)60)42-29-31-52-51-20-10-11-24-57(51)61(59(52)37-42)58-34-33-49(46-17-6-8-19-50(46)58)47-23-12-22-45-44-16-5-4-15-43(44)36-55(45)47/h1-35,37,60H,36H2. The summed E-state index contributed by atoms with van der Waals surface area (Å²) in [5, 5.41) is 5.04. The molecule has 0 aliphatic heterocycles. The highest BCUT2D eigenvalue weighted by molar-refractivity contribution is 6.12. The molecule has 0 amide bonds. The van der Waals surface area contributed by atoms with E-state index >= 15 is 0 Å². The molecule has 13 rings (SSSR count). The molecule has 1 nitrogen and oxygen atoms in total. The van der Waals surface area contributed by atoms with E-state index in [1.807, 2.05) is 0 Å². The Hall–Kier alpha value is -7.74. The van der Waals surface area contributed by atoms with Crippen molar-refractivity contribution >= 4 is 32.6 Å². The van der Waals surface area contributed by atoms with Crippen molar-refractivity contribution in [3.63, 3.8) is 0 Å². The molecule has 1 atom stereocenters. The first kappa shape index (κ1) is 34.2. The molecule has 0 saturated heterocycles. The van der Waals surface area contributed by atoms with Gasteiger partial charge in [-0.25, -0.2) is 0 Å². The van der Waals surface area contributed by atoms with Gasteiger partial charge in [-0.05, 0) is 120 Å². The Morgan fingerprint density at radius 1 is 0.328 bits per heavy atom. The van der Waals surface area contributed by atoms with Crippen LogP contribution in [0.25, 0.3) is 93.9 Å². The van der Waals surface area contributed by atoms with Gasteiger partial charge in [-0.15, -0.1) is 0 Å². The molecule has 0 radical (unpaired) electrons. The topological polar surface area (TPSA) is 4.93 Å². The lowest BCUT2D eigenvalue weighted by molar-refractivity contribution is 1.02. The predicted molar refractivity (Wildman–Crippen MR) is 256 cm³/mol. The average molecular weight is 774 g/mol. The van der Waals surface area contributed by atoms with Crippen LogP contribution in [-0.2, 0) is 6.42 Å². The van der Waals surface area contributed by atoms with Crippen molar-refractivity contribution in [1.82, 2.24) is 4.57 Å². The maximum atomic E-state index is 2.50. The zero-order valence-electron chi connectivity index (χ0n) is 33.5. The van der Waals surface area contributed by atoms with Crippen molar-refractivity contribution in [1.29, 1.82) is 0 Å². The fourth-order valence-electron chi connectivity index (χ4n) is 10.8. The lowest BCUT2D eigenvalue weighted by Gasteiger charge is -2.17. The maximum Gasteiger partial charge on any atom is 0.0547 e. The summed E-state index contributed by atoms with van der Waals surface area (Å²) in [7, 11) is 0. The molecule has 2 aliphatic rings. The van der Waals surface area contributed by atoms with Crippen molar-refractivity contribution in [3.05, 3.63) is 246 Å². The van der Waals surface area contributed by atoms with Crippen molar-refractivity contribution in [3.8, 4) is 61.3 Å². The Balaban J connectivity index is 0.943. The van der Waals surface area contributed by atoms with E-state index in [9.17, 15) is 0 Å². The molecule has 1 aromatic heterocycles. The van der Waals surface area contributed by atoms with Gasteiger partial charge in [-0.2, -0.15) is 0 Å². The van der Waals surface area contributed by atoms with Crippen LogP contribution in [0.3, 0.4) is 0 Å². The summed E-state index contributed by atoms with van der Waals surface area (Å²) in [6.45, 7) is 0. The third-order valence-electron chi connectivity index (χ3n) is 13.6. The molecule has 61 heavy (non-hydrogen) atoms. The minimum Gasteiger partial charge on any atom is -0.309 e. The highest BCUT2D eigenvalue weighted by atomic mass is 15.0. The quantitative estimate of drug-likeness (QED) is 0.164. The molecule has 11 aromatic rings. The van der Waals surface area contributed by atoms with Crippen LogP contribution < -0.4 is 0 Å². The maximum absolute atomic E-state index is 2.50. The Kier molecular flexibility index (Phi) is 7.50. The van der Waals surface area contributed by atoms with E-state index in [2.05, 4.69) is 223 Å². The second-order valence-electron chi connectivity index (χ2n) is 16.7. The number of hydrogen-bond acceptors (Lipinski definition) is 0.